The number of H-pyrrole nitrogens is 2. The molecule has 3 heterocycles. The quantitative estimate of drug-likeness (QED) is 0.504. The Bertz CT molecular complexity index is 1320. The molecule has 0 fully saturated rings. The highest BCUT2D eigenvalue weighted by Crippen LogP contribution is 2.22. The molecule has 2 aromatic carbocycles. The Morgan fingerprint density at radius 2 is 1.81 bits per heavy atom. The van der Waals surface area contributed by atoms with E-state index >= 15 is 0 Å². The first-order valence-corrected chi connectivity index (χ1v) is 8.26. The van der Waals surface area contributed by atoms with E-state index in [0.717, 1.165) is 16.5 Å². The Kier molecular flexibility index (Phi) is 3.16. The van der Waals surface area contributed by atoms with Gasteiger partial charge in [0.1, 0.15) is 5.52 Å². The second kappa shape index (κ2) is 5.53. The molecule has 0 spiro atoms. The van der Waals surface area contributed by atoms with Gasteiger partial charge in [-0.25, -0.2) is 0 Å². The number of aromatic amines is 2. The zero-order chi connectivity index (χ0) is 17.7. The van der Waals surface area contributed by atoms with Crippen LogP contribution in [0.3, 0.4) is 0 Å². The fourth-order valence-corrected chi connectivity index (χ4v) is 3.05. The number of hydrogen-bond donors (Lipinski definition) is 2. The van der Waals surface area contributed by atoms with Crippen LogP contribution >= 0.6 is 11.6 Å². The molecular formula is C18H11ClN6O. The summed E-state index contributed by atoms with van der Waals surface area (Å²) in [6, 6.07) is 16.4. The lowest BCUT2D eigenvalue weighted by Gasteiger charge is -2.00. The van der Waals surface area contributed by atoms with E-state index in [9.17, 15) is 4.79 Å². The zero-order valence-electron chi connectivity index (χ0n) is 13.3. The molecule has 5 rings (SSSR count). The van der Waals surface area contributed by atoms with Gasteiger partial charge in [-0.1, -0.05) is 41.9 Å². The number of hydrogen-bond acceptors (Lipinski definition) is 4. The monoisotopic (exact) mass is 362 g/mol. The van der Waals surface area contributed by atoms with Gasteiger partial charge >= 0.3 is 0 Å². The number of nitrogens with zero attached hydrogens (tertiary/aromatic N) is 4. The highest BCUT2D eigenvalue weighted by atomic mass is 35.5. The van der Waals surface area contributed by atoms with Gasteiger partial charge in [0.15, 0.2) is 5.65 Å². The molecule has 5 aromatic rings. The lowest BCUT2D eigenvalue weighted by Crippen LogP contribution is -2.17. The Labute approximate surface area is 151 Å². The minimum Gasteiger partial charge on any atom is -0.338 e. The van der Waals surface area contributed by atoms with E-state index in [1.54, 1.807) is 12.1 Å². The second-order valence-electron chi connectivity index (χ2n) is 5.83. The second-order valence-corrected chi connectivity index (χ2v) is 6.27. The number of nitrogens with one attached hydrogen (secondary N) is 2. The lowest BCUT2D eigenvalue weighted by molar-refractivity contribution is 0.767. The standard InChI is InChI=1S/C18H11ClN6O/c19-11-7-5-10(6-8-11)14-9-15(26)25(24-14)18-21-17-16(22-23-18)12-3-1-2-4-13(12)20-17/h1-9,24H,(H,20,21,23). The van der Waals surface area contributed by atoms with Crippen LogP contribution in [0.2, 0.25) is 5.02 Å². The third-order valence-corrected chi connectivity index (χ3v) is 4.44. The maximum atomic E-state index is 12.4. The highest BCUT2D eigenvalue weighted by Gasteiger charge is 2.13. The zero-order valence-corrected chi connectivity index (χ0v) is 14.0. The average Bonchev–Trinajstić information content (AvgIpc) is 3.22. The van der Waals surface area contributed by atoms with Crippen molar-refractivity contribution < 1.29 is 0 Å². The van der Waals surface area contributed by atoms with Crippen molar-refractivity contribution in [2.75, 3.05) is 0 Å². The number of benzene rings is 2. The van der Waals surface area contributed by atoms with Gasteiger partial charge in [0.2, 0.25) is 0 Å². The molecule has 8 heteroatoms. The minimum absolute atomic E-state index is 0.175. The van der Waals surface area contributed by atoms with Gasteiger partial charge in [-0.2, -0.15) is 9.67 Å². The predicted octanol–water partition coefficient (Wildman–Crippen LogP) is 3.31. The first kappa shape index (κ1) is 14.9. The molecule has 0 radical (unpaired) electrons. The fraction of sp³-hybridized carbons (Fsp3) is 0. The van der Waals surface area contributed by atoms with Crippen LogP contribution in [0.25, 0.3) is 39.3 Å². The van der Waals surface area contributed by atoms with Crippen LogP contribution in [0.4, 0.5) is 0 Å². The van der Waals surface area contributed by atoms with E-state index in [1.807, 2.05) is 36.4 Å². The van der Waals surface area contributed by atoms with Crippen molar-refractivity contribution in [2.24, 2.45) is 0 Å². The summed E-state index contributed by atoms with van der Waals surface area (Å²) in [5.41, 5.74) is 3.37. The summed E-state index contributed by atoms with van der Waals surface area (Å²) in [5.74, 6) is 0.175. The highest BCUT2D eigenvalue weighted by molar-refractivity contribution is 6.30. The van der Waals surface area contributed by atoms with E-state index < -0.39 is 0 Å². The van der Waals surface area contributed by atoms with Crippen molar-refractivity contribution in [1.82, 2.24) is 29.9 Å². The van der Waals surface area contributed by atoms with Gasteiger partial charge in [-0.15, -0.1) is 10.2 Å². The molecule has 0 unspecified atom stereocenters. The average molecular weight is 363 g/mol. The molecule has 126 valence electrons. The van der Waals surface area contributed by atoms with E-state index in [4.69, 9.17) is 11.6 Å². The largest absolute Gasteiger partial charge is 0.338 e. The smallest absolute Gasteiger partial charge is 0.274 e. The van der Waals surface area contributed by atoms with Gasteiger partial charge in [-0.05, 0) is 23.8 Å². The van der Waals surface area contributed by atoms with Crippen LogP contribution in [0.1, 0.15) is 0 Å². The first-order chi connectivity index (χ1) is 12.7. The molecule has 0 aliphatic heterocycles. The third-order valence-electron chi connectivity index (χ3n) is 4.19. The molecular weight excluding hydrogens is 352 g/mol. The number of halogens is 1. The van der Waals surface area contributed by atoms with E-state index in [-0.39, 0.29) is 11.5 Å². The molecule has 0 saturated heterocycles. The number of rotatable bonds is 2. The maximum absolute atomic E-state index is 12.4. The van der Waals surface area contributed by atoms with Gasteiger partial charge in [0.25, 0.3) is 11.5 Å². The van der Waals surface area contributed by atoms with Crippen molar-refractivity contribution in [2.45, 2.75) is 0 Å². The van der Waals surface area contributed by atoms with Crippen LogP contribution in [0, 0.1) is 0 Å². The molecule has 0 atom stereocenters. The number of aromatic nitrogens is 6. The van der Waals surface area contributed by atoms with Crippen LogP contribution < -0.4 is 5.56 Å². The predicted molar refractivity (Wildman–Crippen MR) is 99.6 cm³/mol. The van der Waals surface area contributed by atoms with Crippen molar-refractivity contribution in [3.8, 4) is 17.2 Å². The van der Waals surface area contributed by atoms with Crippen molar-refractivity contribution in [1.29, 1.82) is 0 Å². The van der Waals surface area contributed by atoms with Crippen LogP contribution in [0.5, 0.6) is 0 Å². The molecule has 2 N–H and O–H groups in total. The van der Waals surface area contributed by atoms with Gasteiger partial charge in [0, 0.05) is 22.0 Å². The summed E-state index contributed by atoms with van der Waals surface area (Å²) in [6.07, 6.45) is 0. The Hall–Kier alpha value is -3.45. The summed E-state index contributed by atoms with van der Waals surface area (Å²) in [7, 11) is 0. The van der Waals surface area contributed by atoms with E-state index in [0.29, 0.717) is 21.9 Å². The number of para-hydroxylation sites is 1. The number of fused-ring (bicyclic) bond motifs is 3. The normalized spacial score (nSPS) is 11.4. The molecule has 0 aliphatic carbocycles. The lowest BCUT2D eigenvalue weighted by atomic mass is 10.2. The summed E-state index contributed by atoms with van der Waals surface area (Å²) in [5, 5.41) is 12.9. The van der Waals surface area contributed by atoms with Crippen LogP contribution in [-0.4, -0.2) is 29.9 Å². The van der Waals surface area contributed by atoms with Crippen LogP contribution in [-0.2, 0) is 0 Å². The first-order valence-electron chi connectivity index (χ1n) is 7.88. The molecule has 0 aliphatic rings. The van der Waals surface area contributed by atoms with Gasteiger partial charge in [-0.3, -0.25) is 9.89 Å². The van der Waals surface area contributed by atoms with Crippen LogP contribution in [0.15, 0.2) is 59.4 Å². The molecule has 0 saturated carbocycles. The summed E-state index contributed by atoms with van der Waals surface area (Å²) in [6.45, 7) is 0. The van der Waals surface area contributed by atoms with E-state index in [1.165, 1.54) is 10.7 Å². The SMILES string of the molecule is O=c1cc(-c2ccc(Cl)cc2)[nH]n1-c1nnc2c(n1)[nH]c1ccccc12. The summed E-state index contributed by atoms with van der Waals surface area (Å²) < 4.78 is 1.27. The fourth-order valence-electron chi connectivity index (χ4n) is 2.93. The third kappa shape index (κ3) is 2.29. The van der Waals surface area contributed by atoms with E-state index in [2.05, 4.69) is 25.3 Å². The van der Waals surface area contributed by atoms with Crippen molar-refractivity contribution >= 4 is 33.7 Å². The summed E-state index contributed by atoms with van der Waals surface area (Å²) in [4.78, 5) is 20.0. The van der Waals surface area contributed by atoms with Crippen molar-refractivity contribution in [3.63, 3.8) is 0 Å². The van der Waals surface area contributed by atoms with Gasteiger partial charge < -0.3 is 4.98 Å². The Morgan fingerprint density at radius 3 is 2.65 bits per heavy atom. The molecule has 7 nitrogen and oxygen atoms in total. The molecule has 0 bridgehead atoms. The van der Waals surface area contributed by atoms with Crippen molar-refractivity contribution in [3.05, 3.63) is 70.0 Å². The minimum atomic E-state index is -0.271. The maximum Gasteiger partial charge on any atom is 0.274 e. The molecule has 26 heavy (non-hydrogen) atoms. The Morgan fingerprint density at radius 1 is 1.00 bits per heavy atom. The summed E-state index contributed by atoms with van der Waals surface area (Å²) >= 11 is 5.91. The topological polar surface area (TPSA) is 92.2 Å². The van der Waals surface area contributed by atoms with Gasteiger partial charge in [0.05, 0.1) is 5.69 Å². The molecule has 0 amide bonds. The molecule has 3 aromatic heterocycles. The Balaban J connectivity index is 1.64.